The summed E-state index contributed by atoms with van der Waals surface area (Å²) in [6, 6.07) is 0. The van der Waals surface area contributed by atoms with Crippen molar-refractivity contribution in [1.82, 2.24) is 10.4 Å². The molecule has 1 rings (SSSR count). The lowest BCUT2D eigenvalue weighted by molar-refractivity contribution is 0.194. The minimum absolute atomic E-state index is 1.22. The van der Waals surface area contributed by atoms with E-state index in [9.17, 15) is 0 Å². The van der Waals surface area contributed by atoms with Crippen LogP contribution in [-0.4, -0.2) is 16.2 Å². The summed E-state index contributed by atoms with van der Waals surface area (Å²) in [5, 5.41) is 9.42. The Morgan fingerprint density at radius 3 is 2.50 bits per heavy atom. The quantitative estimate of drug-likeness (QED) is 0.289. The standard InChI is InChI=1S/C3H3NS.CH4N2O2/c1-2-5-3-4-1;2-3-1(4)5/h1-3H;3H,2H2,(H,4,5). The number of hydrogen-bond donors (Lipinski definition) is 3. The summed E-state index contributed by atoms with van der Waals surface area (Å²) in [5.74, 6) is 4.32. The summed E-state index contributed by atoms with van der Waals surface area (Å²) in [6.07, 6.45) is 0.551. The zero-order chi connectivity index (χ0) is 7.82. The molecule has 0 aliphatic rings. The number of carbonyl (C=O) groups is 1. The van der Waals surface area contributed by atoms with Crippen molar-refractivity contribution in [3.63, 3.8) is 0 Å². The van der Waals surface area contributed by atoms with Gasteiger partial charge in [0.2, 0.25) is 0 Å². The van der Waals surface area contributed by atoms with Gasteiger partial charge in [-0.2, -0.15) is 0 Å². The smallest absolute Gasteiger partial charge is 0.418 e. The lowest BCUT2D eigenvalue weighted by Gasteiger charge is -1.79. The third-order valence-electron chi connectivity index (χ3n) is 0.471. The van der Waals surface area contributed by atoms with Crippen molar-refractivity contribution in [3.05, 3.63) is 17.1 Å². The second-order valence-corrected chi connectivity index (χ2v) is 1.88. The summed E-state index contributed by atoms with van der Waals surface area (Å²) < 4.78 is 0. The summed E-state index contributed by atoms with van der Waals surface area (Å²) in [7, 11) is 0. The van der Waals surface area contributed by atoms with E-state index in [1.165, 1.54) is 5.43 Å². The summed E-state index contributed by atoms with van der Waals surface area (Å²) in [6.45, 7) is 0. The second-order valence-electron chi connectivity index (χ2n) is 1.13. The number of nitrogens with zero attached hydrogens (tertiary/aromatic N) is 1. The molecule has 0 aliphatic heterocycles. The Bertz CT molecular complexity index is 148. The number of nitrogens with one attached hydrogen (secondary N) is 1. The van der Waals surface area contributed by atoms with Crippen LogP contribution in [0, 0.1) is 0 Å². The molecule has 4 N–H and O–H groups in total. The average Bonchev–Trinajstić information content (AvgIpc) is 2.43. The first kappa shape index (κ1) is 8.86. The Kier molecular flexibility index (Phi) is 5.30. The van der Waals surface area contributed by atoms with Crippen LogP contribution in [0.25, 0.3) is 0 Å². The van der Waals surface area contributed by atoms with Crippen LogP contribution in [-0.2, 0) is 0 Å². The molecule has 56 valence electrons. The molecule has 0 radical (unpaired) electrons. The van der Waals surface area contributed by atoms with Gasteiger partial charge in [0.1, 0.15) is 0 Å². The number of nitrogens with two attached hydrogens (primary N) is 1. The highest BCUT2D eigenvalue weighted by Crippen LogP contribution is 1.85. The molecule has 0 saturated carbocycles. The van der Waals surface area contributed by atoms with Crippen molar-refractivity contribution in [1.29, 1.82) is 0 Å². The zero-order valence-corrected chi connectivity index (χ0v) is 5.84. The van der Waals surface area contributed by atoms with E-state index in [-0.39, 0.29) is 0 Å². The molecule has 0 fully saturated rings. The highest BCUT2D eigenvalue weighted by molar-refractivity contribution is 7.07. The normalized spacial score (nSPS) is 7.30. The van der Waals surface area contributed by atoms with Crippen molar-refractivity contribution >= 4 is 17.4 Å². The first-order chi connectivity index (χ1) is 4.77. The molecule has 6 heteroatoms. The lowest BCUT2D eigenvalue weighted by atomic mass is 11.0. The number of amides is 1. The van der Waals surface area contributed by atoms with Gasteiger partial charge in [0.25, 0.3) is 0 Å². The topological polar surface area (TPSA) is 88.2 Å². The summed E-state index contributed by atoms with van der Waals surface area (Å²) >= 11 is 1.60. The van der Waals surface area contributed by atoms with Gasteiger partial charge >= 0.3 is 6.09 Å². The molecular weight excluding hydrogens is 154 g/mol. The molecule has 0 atom stereocenters. The van der Waals surface area contributed by atoms with E-state index in [0.717, 1.165) is 0 Å². The maximum absolute atomic E-state index is 9.13. The first-order valence-corrected chi connectivity index (χ1v) is 3.23. The molecule has 10 heavy (non-hydrogen) atoms. The molecule has 1 amide bonds. The second kappa shape index (κ2) is 5.99. The van der Waals surface area contributed by atoms with Gasteiger partial charge in [0.15, 0.2) is 0 Å². The molecule has 0 saturated heterocycles. The first-order valence-electron chi connectivity index (χ1n) is 2.29. The van der Waals surface area contributed by atoms with Gasteiger partial charge in [-0.3, -0.25) is 10.4 Å². The van der Waals surface area contributed by atoms with Crippen LogP contribution in [0.5, 0.6) is 0 Å². The largest absolute Gasteiger partial charge is 0.464 e. The van der Waals surface area contributed by atoms with Crippen LogP contribution in [0.1, 0.15) is 0 Å². The Labute approximate surface area is 61.5 Å². The molecule has 1 aromatic rings. The summed E-state index contributed by atoms with van der Waals surface area (Å²) in [5.41, 5.74) is 3.24. The summed E-state index contributed by atoms with van der Waals surface area (Å²) in [4.78, 5) is 12.9. The fraction of sp³-hybridized carbons (Fsp3) is 0. The monoisotopic (exact) mass is 161 g/mol. The van der Waals surface area contributed by atoms with E-state index in [2.05, 4.69) is 10.8 Å². The fourth-order valence-electron chi connectivity index (χ4n) is 0.176. The molecular formula is C4H7N3O2S. The van der Waals surface area contributed by atoms with Gasteiger partial charge in [-0.1, -0.05) is 0 Å². The Hall–Kier alpha value is -1.14. The number of rotatable bonds is 0. The van der Waals surface area contributed by atoms with Gasteiger partial charge in [-0.05, 0) is 0 Å². The Morgan fingerprint density at radius 2 is 2.40 bits per heavy atom. The maximum Gasteiger partial charge on any atom is 0.418 e. The highest BCUT2D eigenvalue weighted by atomic mass is 32.1. The molecule has 0 spiro atoms. The molecule has 5 nitrogen and oxygen atoms in total. The average molecular weight is 161 g/mol. The van der Waals surface area contributed by atoms with E-state index < -0.39 is 6.09 Å². The number of hydrogen-bond acceptors (Lipinski definition) is 4. The Balaban J connectivity index is 0.000000162. The molecule has 0 bridgehead atoms. The van der Waals surface area contributed by atoms with Crippen molar-refractivity contribution in [2.45, 2.75) is 0 Å². The van der Waals surface area contributed by atoms with Gasteiger partial charge in [0.05, 0.1) is 5.51 Å². The fourth-order valence-corrected chi connectivity index (χ4v) is 0.527. The van der Waals surface area contributed by atoms with Crippen LogP contribution < -0.4 is 11.3 Å². The number of carboxylic acid groups (broad SMARTS) is 1. The number of aromatic nitrogens is 1. The predicted molar refractivity (Wildman–Crippen MR) is 37.5 cm³/mol. The minimum Gasteiger partial charge on any atom is -0.464 e. The minimum atomic E-state index is -1.22. The molecule has 0 unspecified atom stereocenters. The molecule has 1 heterocycles. The highest BCUT2D eigenvalue weighted by Gasteiger charge is 1.77. The number of thiazole rings is 1. The van der Waals surface area contributed by atoms with Crippen molar-refractivity contribution < 1.29 is 9.90 Å². The Morgan fingerprint density at radius 1 is 1.80 bits per heavy atom. The van der Waals surface area contributed by atoms with Crippen molar-refractivity contribution in [2.75, 3.05) is 0 Å². The van der Waals surface area contributed by atoms with Crippen LogP contribution in [0.4, 0.5) is 4.79 Å². The van der Waals surface area contributed by atoms with Gasteiger partial charge in [-0.25, -0.2) is 10.6 Å². The molecule has 1 aromatic heterocycles. The van der Waals surface area contributed by atoms with Gasteiger partial charge < -0.3 is 5.11 Å². The van der Waals surface area contributed by atoms with E-state index in [1.54, 1.807) is 23.0 Å². The van der Waals surface area contributed by atoms with Crippen LogP contribution >= 0.6 is 11.3 Å². The molecule has 0 aliphatic carbocycles. The van der Waals surface area contributed by atoms with Gasteiger partial charge in [0, 0.05) is 11.6 Å². The van der Waals surface area contributed by atoms with E-state index in [0.29, 0.717) is 0 Å². The third-order valence-corrected chi connectivity index (χ3v) is 0.993. The van der Waals surface area contributed by atoms with Crippen molar-refractivity contribution in [3.8, 4) is 0 Å². The maximum atomic E-state index is 9.13. The SMILES string of the molecule is NNC(=O)O.c1cscn1. The predicted octanol–water partition coefficient (Wildman–Crippen LogP) is 0.271. The molecule has 0 aromatic carbocycles. The van der Waals surface area contributed by atoms with E-state index in [1.807, 2.05) is 5.38 Å². The lowest BCUT2D eigenvalue weighted by Crippen LogP contribution is -2.27. The van der Waals surface area contributed by atoms with E-state index >= 15 is 0 Å². The van der Waals surface area contributed by atoms with Crippen LogP contribution in [0.2, 0.25) is 0 Å². The van der Waals surface area contributed by atoms with Crippen LogP contribution in [0.15, 0.2) is 17.1 Å². The third kappa shape index (κ3) is 6.86. The number of hydrazine groups is 1. The zero-order valence-electron chi connectivity index (χ0n) is 5.02. The van der Waals surface area contributed by atoms with Crippen molar-refractivity contribution in [2.24, 2.45) is 5.84 Å². The van der Waals surface area contributed by atoms with E-state index in [4.69, 9.17) is 9.90 Å². The van der Waals surface area contributed by atoms with Gasteiger partial charge in [-0.15, -0.1) is 11.3 Å². The van der Waals surface area contributed by atoms with Crippen LogP contribution in [0.3, 0.4) is 0 Å².